The summed E-state index contributed by atoms with van der Waals surface area (Å²) in [6.07, 6.45) is 88.3. The van der Waals surface area contributed by atoms with Gasteiger partial charge in [0.2, 0.25) is 0 Å². The first-order valence-electron chi connectivity index (χ1n) is 33.2. The van der Waals surface area contributed by atoms with Crippen LogP contribution in [0.15, 0.2) is 122 Å². The molecule has 0 aromatic carbocycles. The zero-order valence-corrected chi connectivity index (χ0v) is 54.3. The molecular formula is C72H124NO8P. The molecule has 2 unspecified atom stereocenters. The summed E-state index contributed by atoms with van der Waals surface area (Å²) in [4.78, 5) is 38.0. The second-order valence-corrected chi connectivity index (χ2v) is 24.5. The Labute approximate surface area is 505 Å². The summed E-state index contributed by atoms with van der Waals surface area (Å²) in [6, 6.07) is 0. The Hall–Kier alpha value is -3.59. The van der Waals surface area contributed by atoms with Crippen molar-refractivity contribution in [2.45, 2.75) is 277 Å². The Kier molecular flexibility index (Phi) is 59.2. The number of carbonyl (C=O) groups is 2. The predicted octanol–water partition coefficient (Wildman–Crippen LogP) is 20.9. The molecule has 0 bridgehead atoms. The van der Waals surface area contributed by atoms with Crippen molar-refractivity contribution in [1.82, 2.24) is 0 Å². The van der Waals surface area contributed by atoms with Crippen LogP contribution in [0.3, 0.4) is 0 Å². The predicted molar refractivity (Wildman–Crippen MR) is 351 cm³/mol. The summed E-state index contributed by atoms with van der Waals surface area (Å²) in [5.41, 5.74) is 0. The third-order valence-corrected chi connectivity index (χ3v) is 15.0. The molecule has 9 nitrogen and oxygen atoms in total. The normalized spacial score (nSPS) is 14.0. The highest BCUT2D eigenvalue weighted by Crippen LogP contribution is 2.38. The van der Waals surface area contributed by atoms with Crippen molar-refractivity contribution in [3.8, 4) is 0 Å². The van der Waals surface area contributed by atoms with E-state index in [1.807, 2.05) is 21.1 Å². The summed E-state index contributed by atoms with van der Waals surface area (Å²) in [5, 5.41) is 0. The van der Waals surface area contributed by atoms with E-state index in [-0.39, 0.29) is 32.0 Å². The minimum atomic E-state index is -4.65. The van der Waals surface area contributed by atoms with Gasteiger partial charge in [-0.15, -0.1) is 0 Å². The summed E-state index contributed by atoms with van der Waals surface area (Å²) < 4.78 is 34.2. The zero-order valence-electron chi connectivity index (χ0n) is 53.4. The molecule has 2 atom stereocenters. The Bertz CT molecular complexity index is 1800. The molecule has 82 heavy (non-hydrogen) atoms. The molecule has 0 saturated heterocycles. The third-order valence-electron chi connectivity index (χ3n) is 14.0. The lowest BCUT2D eigenvalue weighted by atomic mass is 10.0. The molecule has 470 valence electrons. The maximum absolute atomic E-state index is 12.8. The number of hydrogen-bond donors (Lipinski definition) is 0. The summed E-state index contributed by atoms with van der Waals surface area (Å²) in [5.74, 6) is -0.840. The van der Waals surface area contributed by atoms with Crippen LogP contribution in [0.25, 0.3) is 0 Å². The van der Waals surface area contributed by atoms with Gasteiger partial charge in [-0.05, 0) is 89.9 Å². The van der Waals surface area contributed by atoms with E-state index in [0.29, 0.717) is 17.4 Å². The molecule has 0 aromatic heterocycles. The average molecular weight is 1160 g/mol. The maximum atomic E-state index is 12.8. The minimum absolute atomic E-state index is 0.0364. The van der Waals surface area contributed by atoms with Gasteiger partial charge in [0.05, 0.1) is 27.7 Å². The molecule has 0 amide bonds. The molecule has 0 spiro atoms. The molecule has 10 heteroatoms. The SMILES string of the molecule is CC/C=C\C/C=C\C/C=C\C/C=C\C/C=C\C/C=C\C/C=C\C/C=C\C/C=C\C/C=C\CCCCCCCCCCC(=O)OC(COC(=O)CCCCCCCCCCCCCCCCCCCCC)COP(=O)([O-])OCC[N+](C)(C)C. The summed E-state index contributed by atoms with van der Waals surface area (Å²) >= 11 is 0. The van der Waals surface area contributed by atoms with Crippen LogP contribution >= 0.6 is 7.82 Å². The molecule has 0 rings (SSSR count). The Morgan fingerprint density at radius 3 is 1.04 bits per heavy atom. The molecule has 0 heterocycles. The first-order valence-corrected chi connectivity index (χ1v) is 34.7. The first-order chi connectivity index (χ1) is 40.0. The van der Waals surface area contributed by atoms with Crippen molar-refractivity contribution < 1.29 is 42.1 Å². The van der Waals surface area contributed by atoms with E-state index in [4.69, 9.17) is 18.5 Å². The van der Waals surface area contributed by atoms with Gasteiger partial charge in [0, 0.05) is 12.8 Å². The molecular weight excluding hydrogens is 1040 g/mol. The lowest BCUT2D eigenvalue weighted by Gasteiger charge is -2.28. The number of nitrogens with zero attached hydrogens (tertiary/aromatic N) is 1. The number of allylic oxidation sites excluding steroid dienone is 20. The van der Waals surface area contributed by atoms with Crippen molar-refractivity contribution >= 4 is 19.8 Å². The van der Waals surface area contributed by atoms with Gasteiger partial charge in [-0.2, -0.15) is 0 Å². The third kappa shape index (κ3) is 65.6. The van der Waals surface area contributed by atoms with Crippen molar-refractivity contribution in [3.05, 3.63) is 122 Å². The molecule has 0 aliphatic rings. The number of esters is 2. The smallest absolute Gasteiger partial charge is 0.306 e. The Morgan fingerprint density at radius 1 is 0.390 bits per heavy atom. The van der Waals surface area contributed by atoms with Crippen LogP contribution in [0.4, 0.5) is 0 Å². The number of hydrogen-bond acceptors (Lipinski definition) is 8. The van der Waals surface area contributed by atoms with E-state index in [2.05, 4.69) is 135 Å². The van der Waals surface area contributed by atoms with Crippen LogP contribution < -0.4 is 4.89 Å². The van der Waals surface area contributed by atoms with Crippen molar-refractivity contribution in [3.63, 3.8) is 0 Å². The van der Waals surface area contributed by atoms with Crippen molar-refractivity contribution in [1.29, 1.82) is 0 Å². The monoisotopic (exact) mass is 1160 g/mol. The molecule has 0 aliphatic heterocycles. The lowest BCUT2D eigenvalue weighted by molar-refractivity contribution is -0.870. The van der Waals surface area contributed by atoms with Gasteiger partial charge in [-0.3, -0.25) is 14.2 Å². The van der Waals surface area contributed by atoms with Crippen LogP contribution in [0.2, 0.25) is 0 Å². The highest BCUT2D eigenvalue weighted by atomic mass is 31.2. The summed E-state index contributed by atoms with van der Waals surface area (Å²) in [7, 11) is 1.15. The lowest BCUT2D eigenvalue weighted by Crippen LogP contribution is -2.37. The Balaban J connectivity index is 4.12. The van der Waals surface area contributed by atoms with Crippen LogP contribution in [0.1, 0.15) is 271 Å². The number of ether oxygens (including phenoxy) is 2. The van der Waals surface area contributed by atoms with Gasteiger partial charge >= 0.3 is 11.9 Å². The van der Waals surface area contributed by atoms with Gasteiger partial charge in [0.15, 0.2) is 6.10 Å². The minimum Gasteiger partial charge on any atom is -0.756 e. The van der Waals surface area contributed by atoms with Crippen LogP contribution in [-0.2, 0) is 32.7 Å². The molecule has 0 N–H and O–H groups in total. The molecule has 0 radical (unpaired) electrons. The van der Waals surface area contributed by atoms with E-state index in [1.54, 1.807) is 0 Å². The summed E-state index contributed by atoms with van der Waals surface area (Å²) in [6.45, 7) is 4.13. The van der Waals surface area contributed by atoms with E-state index in [9.17, 15) is 19.0 Å². The van der Waals surface area contributed by atoms with Crippen molar-refractivity contribution in [2.24, 2.45) is 0 Å². The second-order valence-electron chi connectivity index (χ2n) is 23.1. The number of likely N-dealkylation sites (N-methyl/N-ethyl adjacent to an activating group) is 1. The van der Waals surface area contributed by atoms with E-state index in [1.165, 1.54) is 128 Å². The van der Waals surface area contributed by atoms with E-state index in [0.717, 1.165) is 109 Å². The number of rotatable bonds is 60. The largest absolute Gasteiger partial charge is 0.756 e. The fourth-order valence-electron chi connectivity index (χ4n) is 8.92. The van der Waals surface area contributed by atoms with Gasteiger partial charge < -0.3 is 27.9 Å². The van der Waals surface area contributed by atoms with Gasteiger partial charge in [0.1, 0.15) is 19.8 Å². The second kappa shape index (κ2) is 62.0. The highest BCUT2D eigenvalue weighted by molar-refractivity contribution is 7.45. The highest BCUT2D eigenvalue weighted by Gasteiger charge is 2.22. The van der Waals surface area contributed by atoms with E-state index < -0.39 is 26.5 Å². The quantitative estimate of drug-likeness (QED) is 0.0195. The first kappa shape index (κ1) is 78.4. The van der Waals surface area contributed by atoms with Gasteiger partial charge in [-0.25, -0.2) is 0 Å². The zero-order chi connectivity index (χ0) is 59.8. The molecule has 0 fully saturated rings. The average Bonchev–Trinajstić information content (AvgIpc) is 3.46. The van der Waals surface area contributed by atoms with Crippen molar-refractivity contribution in [2.75, 3.05) is 47.5 Å². The standard InChI is InChI=1S/C72H124NO8P/c1-6-8-10-12-14-16-18-20-22-24-26-27-28-29-30-31-32-33-34-35-36-37-38-39-40-41-42-43-44-45-47-49-51-53-55-57-59-61-63-65-72(75)81-70(69-80-82(76,77)79-67-66-73(3,4)5)68-78-71(74)64-62-60-58-56-54-52-50-48-46-25-23-21-19-17-15-13-11-9-7-2/h8,10,14,16,20,22,26-27,29-30,32-33,35-36,38-39,41-42,44-45,70H,6-7,9,11-13,15,17-19,21,23-25,28,31,34,37,40,43,46-69H2,1-5H3/b10-8-,16-14-,22-20-,27-26-,30-29-,33-32-,36-35-,39-38-,42-41-,45-44-. The number of quaternary nitrogens is 1. The number of phosphoric ester groups is 1. The molecule has 0 aromatic rings. The maximum Gasteiger partial charge on any atom is 0.306 e. The van der Waals surface area contributed by atoms with Gasteiger partial charge in [-0.1, -0.05) is 289 Å². The fourth-order valence-corrected chi connectivity index (χ4v) is 9.65. The van der Waals surface area contributed by atoms with Gasteiger partial charge in [0.25, 0.3) is 7.82 Å². The number of phosphoric acid groups is 1. The molecule has 0 saturated carbocycles. The topological polar surface area (TPSA) is 111 Å². The Morgan fingerprint density at radius 2 is 0.695 bits per heavy atom. The molecule has 0 aliphatic carbocycles. The van der Waals surface area contributed by atoms with E-state index >= 15 is 0 Å². The van der Waals surface area contributed by atoms with Crippen LogP contribution in [0, 0.1) is 0 Å². The van der Waals surface area contributed by atoms with Crippen LogP contribution in [-0.4, -0.2) is 70.0 Å². The number of carbonyl (C=O) groups excluding carboxylic acids is 2. The van der Waals surface area contributed by atoms with Crippen LogP contribution in [0.5, 0.6) is 0 Å². The number of unbranched alkanes of at least 4 members (excludes halogenated alkanes) is 26. The fraction of sp³-hybridized carbons (Fsp3) is 0.694.